The second kappa shape index (κ2) is 9.14. The van der Waals surface area contributed by atoms with Crippen molar-refractivity contribution in [2.75, 3.05) is 7.11 Å². The SMILES string of the molecule is COc1cc(C(C)NC(=O)c2ccc3[nH]c(C)c(C)c3c2)ccc1OCc1ccncc1. The van der Waals surface area contributed by atoms with Gasteiger partial charge in [0.05, 0.1) is 13.2 Å². The molecule has 1 amide bonds. The van der Waals surface area contributed by atoms with E-state index >= 15 is 0 Å². The molecule has 4 aromatic rings. The van der Waals surface area contributed by atoms with Gasteiger partial charge in [0.2, 0.25) is 0 Å². The minimum Gasteiger partial charge on any atom is -0.493 e. The zero-order valence-electron chi connectivity index (χ0n) is 18.7. The number of fused-ring (bicyclic) bond motifs is 1. The molecule has 0 saturated heterocycles. The number of H-pyrrole nitrogens is 1. The summed E-state index contributed by atoms with van der Waals surface area (Å²) in [4.78, 5) is 20.2. The molecule has 2 aromatic carbocycles. The topological polar surface area (TPSA) is 76.2 Å². The van der Waals surface area contributed by atoms with Crippen LogP contribution in [0.15, 0.2) is 60.9 Å². The Labute approximate surface area is 187 Å². The molecule has 2 aromatic heterocycles. The van der Waals surface area contributed by atoms with E-state index in [0.717, 1.165) is 33.3 Å². The molecule has 0 aliphatic carbocycles. The summed E-state index contributed by atoms with van der Waals surface area (Å²) in [6.07, 6.45) is 3.47. The van der Waals surface area contributed by atoms with Crippen molar-refractivity contribution in [3.8, 4) is 11.5 Å². The molecule has 32 heavy (non-hydrogen) atoms. The fourth-order valence-corrected chi connectivity index (χ4v) is 3.68. The summed E-state index contributed by atoms with van der Waals surface area (Å²) in [6.45, 7) is 6.47. The second-order valence-corrected chi connectivity index (χ2v) is 7.88. The Balaban J connectivity index is 1.47. The third-order valence-electron chi connectivity index (χ3n) is 5.75. The number of nitrogens with one attached hydrogen (secondary N) is 2. The zero-order valence-corrected chi connectivity index (χ0v) is 18.7. The van der Waals surface area contributed by atoms with Gasteiger partial charge in [0.1, 0.15) is 6.61 Å². The number of aryl methyl sites for hydroxylation is 2. The highest BCUT2D eigenvalue weighted by Gasteiger charge is 2.16. The average molecular weight is 430 g/mol. The molecular weight excluding hydrogens is 402 g/mol. The third-order valence-corrected chi connectivity index (χ3v) is 5.75. The fourth-order valence-electron chi connectivity index (χ4n) is 3.68. The quantitative estimate of drug-likeness (QED) is 0.420. The average Bonchev–Trinajstić information content (AvgIpc) is 3.11. The number of benzene rings is 2. The summed E-state index contributed by atoms with van der Waals surface area (Å²) < 4.78 is 11.4. The number of ether oxygens (including phenoxy) is 2. The number of hydrogen-bond donors (Lipinski definition) is 2. The summed E-state index contributed by atoms with van der Waals surface area (Å²) in [5.41, 5.74) is 5.91. The van der Waals surface area contributed by atoms with Crippen LogP contribution in [0.5, 0.6) is 11.5 Å². The van der Waals surface area contributed by atoms with Gasteiger partial charge in [0.25, 0.3) is 5.91 Å². The second-order valence-electron chi connectivity index (χ2n) is 7.88. The van der Waals surface area contributed by atoms with Crippen molar-refractivity contribution in [1.82, 2.24) is 15.3 Å². The molecule has 6 nitrogen and oxygen atoms in total. The number of rotatable bonds is 7. The number of carbonyl (C=O) groups excluding carboxylic acids is 1. The van der Waals surface area contributed by atoms with E-state index in [1.54, 1.807) is 19.5 Å². The van der Waals surface area contributed by atoms with E-state index in [1.807, 2.05) is 62.4 Å². The van der Waals surface area contributed by atoms with Crippen LogP contribution in [-0.2, 0) is 6.61 Å². The molecule has 2 heterocycles. The van der Waals surface area contributed by atoms with E-state index in [0.29, 0.717) is 23.7 Å². The van der Waals surface area contributed by atoms with Crippen LogP contribution in [0.3, 0.4) is 0 Å². The standard InChI is InChI=1S/C26H27N3O3/c1-16-17(2)28-23-7-5-21(13-22(16)23)26(30)29-18(3)20-6-8-24(25(14-20)31-4)32-15-19-9-11-27-12-10-19/h5-14,18,28H,15H2,1-4H3,(H,29,30). The van der Waals surface area contributed by atoms with Crippen LogP contribution < -0.4 is 14.8 Å². The Hall–Kier alpha value is -3.80. The van der Waals surface area contributed by atoms with Crippen LogP contribution in [0.2, 0.25) is 0 Å². The molecule has 164 valence electrons. The van der Waals surface area contributed by atoms with Crippen molar-refractivity contribution in [3.05, 3.63) is 88.9 Å². The van der Waals surface area contributed by atoms with Gasteiger partial charge in [-0.1, -0.05) is 6.07 Å². The minimum absolute atomic E-state index is 0.116. The van der Waals surface area contributed by atoms with Gasteiger partial charge in [-0.05, 0) is 79.9 Å². The van der Waals surface area contributed by atoms with Gasteiger partial charge in [0, 0.05) is 34.6 Å². The highest BCUT2D eigenvalue weighted by Crippen LogP contribution is 2.31. The smallest absolute Gasteiger partial charge is 0.251 e. The van der Waals surface area contributed by atoms with Gasteiger partial charge in [0.15, 0.2) is 11.5 Å². The van der Waals surface area contributed by atoms with E-state index in [-0.39, 0.29) is 11.9 Å². The van der Waals surface area contributed by atoms with Gasteiger partial charge in [-0.25, -0.2) is 0 Å². The number of carbonyl (C=O) groups is 1. The highest BCUT2D eigenvalue weighted by molar-refractivity contribution is 5.99. The summed E-state index contributed by atoms with van der Waals surface area (Å²) in [5, 5.41) is 4.15. The molecule has 0 aliphatic heterocycles. The number of nitrogens with zero attached hydrogens (tertiary/aromatic N) is 1. The number of pyridine rings is 1. The Kier molecular flexibility index (Phi) is 6.12. The molecule has 0 saturated carbocycles. The van der Waals surface area contributed by atoms with E-state index in [1.165, 1.54) is 0 Å². The van der Waals surface area contributed by atoms with Gasteiger partial charge < -0.3 is 19.8 Å². The molecule has 0 bridgehead atoms. The monoisotopic (exact) mass is 429 g/mol. The molecule has 6 heteroatoms. The highest BCUT2D eigenvalue weighted by atomic mass is 16.5. The number of aromatic nitrogens is 2. The maximum absolute atomic E-state index is 12.9. The van der Waals surface area contributed by atoms with Crippen molar-refractivity contribution >= 4 is 16.8 Å². The number of amides is 1. The van der Waals surface area contributed by atoms with E-state index in [9.17, 15) is 4.79 Å². The third kappa shape index (κ3) is 4.44. The maximum atomic E-state index is 12.9. The van der Waals surface area contributed by atoms with Gasteiger partial charge in [-0.3, -0.25) is 9.78 Å². The van der Waals surface area contributed by atoms with Crippen LogP contribution in [0.25, 0.3) is 10.9 Å². The Morgan fingerprint density at radius 3 is 2.59 bits per heavy atom. The van der Waals surface area contributed by atoms with Crippen molar-refractivity contribution < 1.29 is 14.3 Å². The lowest BCUT2D eigenvalue weighted by molar-refractivity contribution is 0.0940. The molecule has 2 N–H and O–H groups in total. The normalized spacial score (nSPS) is 11.9. The first-order valence-electron chi connectivity index (χ1n) is 10.6. The lowest BCUT2D eigenvalue weighted by Gasteiger charge is -2.17. The summed E-state index contributed by atoms with van der Waals surface area (Å²) >= 11 is 0. The largest absolute Gasteiger partial charge is 0.493 e. The van der Waals surface area contributed by atoms with Crippen molar-refractivity contribution in [2.24, 2.45) is 0 Å². The zero-order chi connectivity index (χ0) is 22.7. The Bertz CT molecular complexity index is 1250. The minimum atomic E-state index is -0.199. The van der Waals surface area contributed by atoms with E-state index in [4.69, 9.17) is 9.47 Å². The molecule has 1 unspecified atom stereocenters. The van der Waals surface area contributed by atoms with Crippen LogP contribution in [0.4, 0.5) is 0 Å². The van der Waals surface area contributed by atoms with Gasteiger partial charge in [-0.15, -0.1) is 0 Å². The van der Waals surface area contributed by atoms with Crippen LogP contribution in [0, 0.1) is 13.8 Å². The van der Waals surface area contributed by atoms with Gasteiger partial charge >= 0.3 is 0 Å². The maximum Gasteiger partial charge on any atom is 0.251 e. The first-order chi connectivity index (χ1) is 15.5. The molecular formula is C26H27N3O3. The molecule has 0 aliphatic rings. The molecule has 0 spiro atoms. The van der Waals surface area contributed by atoms with E-state index in [2.05, 4.69) is 22.2 Å². The van der Waals surface area contributed by atoms with Crippen molar-refractivity contribution in [1.29, 1.82) is 0 Å². The summed E-state index contributed by atoms with van der Waals surface area (Å²) in [7, 11) is 1.61. The van der Waals surface area contributed by atoms with E-state index < -0.39 is 0 Å². The predicted octanol–water partition coefficient (Wildman–Crippen LogP) is 5.26. The molecule has 1 atom stereocenters. The number of aromatic amines is 1. The predicted molar refractivity (Wildman–Crippen MR) is 125 cm³/mol. The number of hydrogen-bond acceptors (Lipinski definition) is 4. The van der Waals surface area contributed by atoms with Crippen molar-refractivity contribution in [3.63, 3.8) is 0 Å². The van der Waals surface area contributed by atoms with Crippen LogP contribution >= 0.6 is 0 Å². The molecule has 0 fully saturated rings. The molecule has 0 radical (unpaired) electrons. The van der Waals surface area contributed by atoms with Crippen LogP contribution in [0.1, 0.15) is 45.7 Å². The van der Waals surface area contributed by atoms with Gasteiger partial charge in [-0.2, -0.15) is 0 Å². The first kappa shape index (κ1) is 21.4. The van der Waals surface area contributed by atoms with Crippen LogP contribution in [-0.4, -0.2) is 23.0 Å². The molecule has 4 rings (SSSR count). The number of methoxy groups -OCH3 is 1. The van der Waals surface area contributed by atoms with Crippen molar-refractivity contribution in [2.45, 2.75) is 33.4 Å². The summed E-state index contributed by atoms with van der Waals surface area (Å²) in [5.74, 6) is 1.16. The lowest BCUT2D eigenvalue weighted by Crippen LogP contribution is -2.26. The Morgan fingerprint density at radius 2 is 1.84 bits per heavy atom. The fraction of sp³-hybridized carbons (Fsp3) is 0.231. The Morgan fingerprint density at radius 1 is 1.06 bits per heavy atom. The first-order valence-corrected chi connectivity index (χ1v) is 10.6. The lowest BCUT2D eigenvalue weighted by atomic mass is 10.1. The summed E-state index contributed by atoms with van der Waals surface area (Å²) in [6, 6.07) is 15.1.